The highest BCUT2D eigenvalue weighted by atomic mass is 32.2. The third kappa shape index (κ3) is 2.72. The molecule has 2 saturated heterocycles. The van der Waals surface area contributed by atoms with E-state index >= 15 is 0 Å². The highest BCUT2D eigenvalue weighted by Gasteiger charge is 2.40. The number of urea groups is 1. The Balaban J connectivity index is 2.18. The van der Waals surface area contributed by atoms with Crippen molar-refractivity contribution in [1.82, 2.24) is 15.1 Å². The third-order valence-electron chi connectivity index (χ3n) is 3.33. The molecular formula is C11H15N3O5S. The monoisotopic (exact) mass is 301 g/mol. The maximum atomic E-state index is 12.4. The molecule has 2 fully saturated rings. The summed E-state index contributed by atoms with van der Waals surface area (Å²) in [5.74, 6) is -1.24. The van der Waals surface area contributed by atoms with E-state index in [-0.39, 0.29) is 6.54 Å². The lowest BCUT2D eigenvalue weighted by atomic mass is 10.2. The largest absolute Gasteiger partial charge is 0.480 e. The molecule has 2 atom stereocenters. The van der Waals surface area contributed by atoms with E-state index in [1.54, 1.807) is 0 Å². The number of piperazine rings is 1. The highest BCUT2D eigenvalue weighted by molar-refractivity contribution is 7.99. The molecular weight excluding hydrogens is 286 g/mol. The fourth-order valence-electron chi connectivity index (χ4n) is 2.15. The molecule has 0 radical (unpaired) electrons. The van der Waals surface area contributed by atoms with Crippen LogP contribution >= 0.6 is 11.8 Å². The van der Waals surface area contributed by atoms with E-state index in [9.17, 15) is 19.2 Å². The maximum absolute atomic E-state index is 12.4. The first-order valence-electron chi connectivity index (χ1n) is 6.13. The number of carbonyl (C=O) groups excluding carboxylic acids is 3. The number of hydrogen-bond acceptors (Lipinski definition) is 5. The Bertz CT molecular complexity index is 469. The Hall–Kier alpha value is -1.77. The number of carbonyl (C=O) groups is 4. The second-order valence-corrected chi connectivity index (χ2v) is 5.77. The summed E-state index contributed by atoms with van der Waals surface area (Å²) in [6, 6.07) is -2.29. The predicted octanol–water partition coefficient (Wildman–Crippen LogP) is -1.04. The van der Waals surface area contributed by atoms with Crippen LogP contribution in [0, 0.1) is 0 Å². The van der Waals surface area contributed by atoms with E-state index in [0.29, 0.717) is 18.1 Å². The molecule has 20 heavy (non-hydrogen) atoms. The number of rotatable bonds is 1. The molecule has 2 unspecified atom stereocenters. The number of carboxylic acids is 1. The molecule has 2 aliphatic heterocycles. The van der Waals surface area contributed by atoms with Gasteiger partial charge in [-0.25, -0.2) is 9.59 Å². The molecule has 8 nitrogen and oxygen atoms in total. The average molecular weight is 301 g/mol. The van der Waals surface area contributed by atoms with Crippen molar-refractivity contribution in [3.05, 3.63) is 0 Å². The number of thioether (sulfide) groups is 1. The number of amides is 4. The van der Waals surface area contributed by atoms with Gasteiger partial charge in [0.25, 0.3) is 0 Å². The van der Waals surface area contributed by atoms with Gasteiger partial charge in [0, 0.05) is 18.1 Å². The second kappa shape index (κ2) is 5.70. The Labute approximate surface area is 119 Å². The number of carboxylic acid groups (broad SMARTS) is 1. The van der Waals surface area contributed by atoms with Gasteiger partial charge in [-0.3, -0.25) is 14.9 Å². The molecule has 0 spiro atoms. The molecule has 2 N–H and O–H groups in total. The van der Waals surface area contributed by atoms with Gasteiger partial charge in [-0.1, -0.05) is 0 Å². The molecule has 0 saturated carbocycles. The van der Waals surface area contributed by atoms with E-state index in [0.717, 1.165) is 4.90 Å². The summed E-state index contributed by atoms with van der Waals surface area (Å²) in [6.45, 7) is 1.56. The topological polar surface area (TPSA) is 107 Å². The number of imide groups is 1. The van der Waals surface area contributed by atoms with E-state index in [4.69, 9.17) is 5.11 Å². The summed E-state index contributed by atoms with van der Waals surface area (Å²) in [4.78, 5) is 48.9. The molecule has 2 heterocycles. The summed E-state index contributed by atoms with van der Waals surface area (Å²) in [7, 11) is 0. The summed E-state index contributed by atoms with van der Waals surface area (Å²) < 4.78 is 0. The van der Waals surface area contributed by atoms with Crippen molar-refractivity contribution in [2.45, 2.75) is 19.0 Å². The van der Waals surface area contributed by atoms with Crippen LogP contribution in [0.2, 0.25) is 0 Å². The van der Waals surface area contributed by atoms with Crippen molar-refractivity contribution >= 4 is 35.6 Å². The van der Waals surface area contributed by atoms with Crippen molar-refractivity contribution < 1.29 is 24.3 Å². The second-order valence-electron chi connectivity index (χ2n) is 4.62. The molecule has 0 aromatic rings. The van der Waals surface area contributed by atoms with Crippen molar-refractivity contribution in [3.8, 4) is 0 Å². The minimum absolute atomic E-state index is 0.234. The van der Waals surface area contributed by atoms with Crippen LogP contribution in [0.5, 0.6) is 0 Å². The first-order chi connectivity index (χ1) is 9.41. The minimum Gasteiger partial charge on any atom is -0.480 e. The first-order valence-corrected chi connectivity index (χ1v) is 7.28. The molecule has 9 heteroatoms. The summed E-state index contributed by atoms with van der Waals surface area (Å²) in [6.07, 6.45) is 0. The lowest BCUT2D eigenvalue weighted by Gasteiger charge is -2.39. The van der Waals surface area contributed by atoms with Gasteiger partial charge in [0.15, 0.2) is 0 Å². The summed E-state index contributed by atoms with van der Waals surface area (Å²) in [5.41, 5.74) is 0. The molecule has 0 aromatic carbocycles. The van der Waals surface area contributed by atoms with Crippen molar-refractivity contribution in [2.75, 3.05) is 24.6 Å². The minimum atomic E-state index is -1.08. The quantitative estimate of drug-likeness (QED) is 0.599. The normalized spacial score (nSPS) is 27.2. The van der Waals surface area contributed by atoms with Crippen molar-refractivity contribution in [3.63, 3.8) is 0 Å². The zero-order valence-electron chi connectivity index (χ0n) is 10.9. The van der Waals surface area contributed by atoms with Gasteiger partial charge >= 0.3 is 12.0 Å². The number of nitrogens with zero attached hydrogens (tertiary/aromatic N) is 2. The van der Waals surface area contributed by atoms with Crippen LogP contribution < -0.4 is 5.32 Å². The van der Waals surface area contributed by atoms with Crippen LogP contribution in [0.3, 0.4) is 0 Å². The van der Waals surface area contributed by atoms with Crippen LogP contribution in [0.25, 0.3) is 0 Å². The molecule has 0 bridgehead atoms. The molecule has 2 rings (SSSR count). The lowest BCUT2D eigenvalue weighted by Crippen LogP contribution is -2.63. The number of nitrogens with one attached hydrogen (secondary N) is 1. The van der Waals surface area contributed by atoms with Crippen molar-refractivity contribution in [1.29, 1.82) is 0 Å². The van der Waals surface area contributed by atoms with Gasteiger partial charge in [0.2, 0.25) is 11.8 Å². The highest BCUT2D eigenvalue weighted by Crippen LogP contribution is 2.20. The Kier molecular flexibility index (Phi) is 4.17. The number of aliphatic carboxylic acids is 1. The molecule has 0 aromatic heterocycles. The van der Waals surface area contributed by atoms with Crippen LogP contribution in [0.4, 0.5) is 4.79 Å². The summed E-state index contributed by atoms with van der Waals surface area (Å²) in [5, 5.41) is 11.3. The Morgan fingerprint density at radius 1 is 1.35 bits per heavy atom. The molecule has 0 aliphatic carbocycles. The van der Waals surface area contributed by atoms with Crippen LogP contribution in [-0.2, 0) is 14.4 Å². The zero-order valence-corrected chi connectivity index (χ0v) is 11.7. The van der Waals surface area contributed by atoms with Gasteiger partial charge in [-0.2, -0.15) is 11.8 Å². The SMILES string of the molecule is CC1C(=O)NC(=O)CN1C(=O)N1CCSCC1C(=O)O. The van der Waals surface area contributed by atoms with Crippen LogP contribution in [0.1, 0.15) is 6.92 Å². The van der Waals surface area contributed by atoms with Crippen molar-refractivity contribution in [2.24, 2.45) is 0 Å². The Morgan fingerprint density at radius 3 is 2.70 bits per heavy atom. The summed E-state index contributed by atoms with van der Waals surface area (Å²) >= 11 is 1.46. The molecule has 2 aliphatic rings. The van der Waals surface area contributed by atoms with E-state index < -0.39 is 35.9 Å². The first kappa shape index (κ1) is 14.6. The lowest BCUT2D eigenvalue weighted by molar-refractivity contribution is -0.141. The van der Waals surface area contributed by atoms with Crippen LogP contribution in [-0.4, -0.2) is 75.4 Å². The van der Waals surface area contributed by atoms with E-state index in [1.165, 1.54) is 23.6 Å². The number of hydrogen-bond donors (Lipinski definition) is 2. The van der Waals surface area contributed by atoms with Gasteiger partial charge < -0.3 is 14.9 Å². The van der Waals surface area contributed by atoms with E-state index in [2.05, 4.69) is 5.32 Å². The van der Waals surface area contributed by atoms with Gasteiger partial charge in [0.1, 0.15) is 18.6 Å². The molecule has 110 valence electrons. The zero-order chi connectivity index (χ0) is 14.9. The fraction of sp³-hybridized carbons (Fsp3) is 0.636. The van der Waals surface area contributed by atoms with Gasteiger partial charge in [-0.15, -0.1) is 0 Å². The van der Waals surface area contributed by atoms with Gasteiger partial charge in [0.05, 0.1) is 0 Å². The third-order valence-corrected chi connectivity index (χ3v) is 4.35. The maximum Gasteiger partial charge on any atom is 0.327 e. The fourth-order valence-corrected chi connectivity index (χ4v) is 3.19. The van der Waals surface area contributed by atoms with E-state index in [1.807, 2.05) is 0 Å². The van der Waals surface area contributed by atoms with Crippen LogP contribution in [0.15, 0.2) is 0 Å². The predicted molar refractivity (Wildman–Crippen MR) is 70.2 cm³/mol. The van der Waals surface area contributed by atoms with Gasteiger partial charge in [-0.05, 0) is 6.92 Å². The molecule has 4 amide bonds. The Morgan fingerprint density at radius 2 is 2.05 bits per heavy atom. The standard InChI is InChI=1S/C11H15N3O5S/c1-6-9(16)12-8(15)4-14(6)11(19)13-2-3-20-5-7(13)10(17)18/h6-7H,2-5H2,1H3,(H,17,18)(H,12,15,16). The smallest absolute Gasteiger partial charge is 0.327 e. The average Bonchev–Trinajstić information content (AvgIpc) is 2.42.